The van der Waals surface area contributed by atoms with E-state index < -0.39 is 0 Å². The highest BCUT2D eigenvalue weighted by Gasteiger charge is 2.25. The summed E-state index contributed by atoms with van der Waals surface area (Å²) in [5, 5.41) is 12.0. The van der Waals surface area contributed by atoms with Crippen LogP contribution in [-0.2, 0) is 0 Å². The normalized spacial score (nSPS) is 16.1. The van der Waals surface area contributed by atoms with Gasteiger partial charge in [0, 0.05) is 21.7 Å². The van der Waals surface area contributed by atoms with E-state index in [-0.39, 0.29) is 6.04 Å². The molecular weight excluding hydrogens is 442 g/mol. The van der Waals surface area contributed by atoms with E-state index in [0.29, 0.717) is 0 Å². The summed E-state index contributed by atoms with van der Waals surface area (Å²) < 4.78 is 4.32. The number of rotatable bonds is 2. The Morgan fingerprint density at radius 1 is 0.639 bits per heavy atom. The smallest absolute Gasteiger partial charge is 0.209 e. The van der Waals surface area contributed by atoms with E-state index in [2.05, 4.69) is 118 Å². The molecule has 0 saturated carbocycles. The van der Waals surface area contributed by atoms with Gasteiger partial charge in [-0.2, -0.15) is 5.10 Å². The summed E-state index contributed by atoms with van der Waals surface area (Å²) in [6.45, 7) is 0. The number of hydrogen-bond acceptors (Lipinski definition) is 3. The lowest BCUT2D eigenvalue weighted by atomic mass is 10.0. The number of nitrogens with one attached hydrogen (secondary N) is 1. The monoisotopic (exact) mass is 463 g/mol. The topological polar surface area (TPSA) is 46.6 Å². The summed E-state index contributed by atoms with van der Waals surface area (Å²) in [5.74, 6) is 0.819. The van der Waals surface area contributed by atoms with E-state index >= 15 is 0 Å². The van der Waals surface area contributed by atoms with Crippen molar-refractivity contribution in [3.05, 3.63) is 127 Å². The summed E-state index contributed by atoms with van der Waals surface area (Å²) in [6, 6.07) is 36.0. The Morgan fingerprint density at radius 3 is 2.19 bits per heavy atom. The van der Waals surface area contributed by atoms with Crippen LogP contribution >= 0.6 is 0 Å². The van der Waals surface area contributed by atoms with Gasteiger partial charge in [0.15, 0.2) is 0 Å². The molecule has 7 aromatic rings. The number of aliphatic imine (C=N–C) groups is 1. The number of hydrogen-bond donors (Lipinski definition) is 1. The van der Waals surface area contributed by atoms with Crippen LogP contribution in [0.2, 0.25) is 0 Å². The molecule has 1 N–H and O–H groups in total. The van der Waals surface area contributed by atoms with Gasteiger partial charge in [-0.15, -0.1) is 0 Å². The van der Waals surface area contributed by atoms with Crippen molar-refractivity contribution in [2.75, 3.05) is 0 Å². The summed E-state index contributed by atoms with van der Waals surface area (Å²) >= 11 is 0. The molecule has 36 heavy (non-hydrogen) atoms. The predicted molar refractivity (Wildman–Crippen MR) is 146 cm³/mol. The van der Waals surface area contributed by atoms with Crippen LogP contribution in [0.3, 0.4) is 0 Å². The highest BCUT2D eigenvalue weighted by Crippen LogP contribution is 2.39. The maximum absolute atomic E-state index is 5.19. The van der Waals surface area contributed by atoms with Gasteiger partial charge in [-0.1, -0.05) is 78.9 Å². The molecule has 4 heterocycles. The molecule has 1 unspecified atom stereocenters. The summed E-state index contributed by atoms with van der Waals surface area (Å²) in [5.41, 5.74) is 7.73. The SMILES string of the molecule is C1=C(c2ccccc2)N=C(n2c3cccc4c3c3c2cccc3n2nccc42)NC1c1ccccc1. The average Bonchev–Trinajstić information content (AvgIpc) is 3.58. The second-order valence-corrected chi connectivity index (χ2v) is 9.22. The highest BCUT2D eigenvalue weighted by atomic mass is 15.3. The Bertz CT molecular complexity index is 1880. The number of aromatic nitrogens is 3. The fraction of sp³-hybridized carbons (Fsp3) is 0.0323. The lowest BCUT2D eigenvalue weighted by Gasteiger charge is -2.25. The first kappa shape index (κ1) is 19.4. The molecule has 0 spiro atoms. The number of benzene rings is 4. The van der Waals surface area contributed by atoms with E-state index in [1.165, 1.54) is 21.7 Å². The fourth-order valence-electron chi connectivity index (χ4n) is 5.65. The molecule has 170 valence electrons. The predicted octanol–water partition coefficient (Wildman–Crippen LogP) is 6.62. The fourth-order valence-corrected chi connectivity index (χ4v) is 5.65. The van der Waals surface area contributed by atoms with Crippen molar-refractivity contribution in [3.8, 4) is 0 Å². The maximum Gasteiger partial charge on any atom is 0.209 e. The zero-order valence-corrected chi connectivity index (χ0v) is 19.3. The van der Waals surface area contributed by atoms with Crippen molar-refractivity contribution < 1.29 is 0 Å². The van der Waals surface area contributed by atoms with Crippen LogP contribution in [0.5, 0.6) is 0 Å². The third-order valence-electron chi connectivity index (χ3n) is 7.22. The quantitative estimate of drug-likeness (QED) is 0.293. The van der Waals surface area contributed by atoms with Gasteiger partial charge in [0.25, 0.3) is 0 Å². The molecule has 5 nitrogen and oxygen atoms in total. The van der Waals surface area contributed by atoms with Crippen molar-refractivity contribution in [3.63, 3.8) is 0 Å². The van der Waals surface area contributed by atoms with Crippen LogP contribution in [-0.4, -0.2) is 20.1 Å². The second kappa shape index (κ2) is 7.30. The summed E-state index contributed by atoms with van der Waals surface area (Å²) in [4.78, 5) is 5.19. The second-order valence-electron chi connectivity index (χ2n) is 9.22. The first-order chi connectivity index (χ1) is 17.9. The molecule has 0 saturated heterocycles. The minimum absolute atomic E-state index is 0.00617. The van der Waals surface area contributed by atoms with Crippen LogP contribution in [0.25, 0.3) is 43.9 Å². The van der Waals surface area contributed by atoms with Crippen LogP contribution in [0.4, 0.5) is 0 Å². The van der Waals surface area contributed by atoms with E-state index in [4.69, 9.17) is 4.99 Å². The standard InChI is InChI=1S/C31H21N5/c1-3-9-20(10-4-1)23-19-24(21-11-5-2-6-12-21)34-31(33-23)35-26-14-7-13-22-25-17-18-32-36(25)28-16-8-15-27(35)30(28)29(22)26/h1-19,23H,(H,33,34). The van der Waals surface area contributed by atoms with Crippen LogP contribution in [0, 0.1) is 0 Å². The van der Waals surface area contributed by atoms with E-state index in [1.807, 2.05) is 16.8 Å². The van der Waals surface area contributed by atoms with Gasteiger partial charge in [0.1, 0.15) is 0 Å². The molecule has 1 aliphatic heterocycles. The van der Waals surface area contributed by atoms with Gasteiger partial charge in [0.2, 0.25) is 5.96 Å². The average molecular weight is 464 g/mol. The van der Waals surface area contributed by atoms with Gasteiger partial charge >= 0.3 is 0 Å². The third-order valence-corrected chi connectivity index (χ3v) is 7.22. The van der Waals surface area contributed by atoms with Crippen LogP contribution < -0.4 is 5.32 Å². The Hall–Kier alpha value is -4.90. The minimum atomic E-state index is -0.00617. The molecule has 5 heteroatoms. The molecule has 1 aliphatic rings. The van der Waals surface area contributed by atoms with Crippen molar-refractivity contribution >= 4 is 49.9 Å². The van der Waals surface area contributed by atoms with E-state index in [9.17, 15) is 0 Å². The van der Waals surface area contributed by atoms with Crippen molar-refractivity contribution in [1.82, 2.24) is 19.5 Å². The minimum Gasteiger partial charge on any atom is -0.345 e. The van der Waals surface area contributed by atoms with E-state index in [1.54, 1.807) is 0 Å². The maximum atomic E-state index is 5.19. The Morgan fingerprint density at radius 2 is 1.36 bits per heavy atom. The summed E-state index contributed by atoms with van der Waals surface area (Å²) in [7, 11) is 0. The Balaban J connectivity index is 1.44. The van der Waals surface area contributed by atoms with Crippen molar-refractivity contribution in [1.29, 1.82) is 0 Å². The number of pyridine rings is 1. The lowest BCUT2D eigenvalue weighted by Crippen LogP contribution is -2.35. The molecule has 4 aromatic carbocycles. The largest absolute Gasteiger partial charge is 0.345 e. The highest BCUT2D eigenvalue weighted by molar-refractivity contribution is 6.28. The molecule has 0 radical (unpaired) electrons. The lowest BCUT2D eigenvalue weighted by molar-refractivity contribution is 0.760. The van der Waals surface area contributed by atoms with Crippen LogP contribution in [0.15, 0.2) is 120 Å². The van der Waals surface area contributed by atoms with Gasteiger partial charge in [0.05, 0.1) is 40.0 Å². The molecule has 0 amide bonds. The van der Waals surface area contributed by atoms with Crippen molar-refractivity contribution in [2.24, 2.45) is 4.99 Å². The molecule has 0 fully saturated rings. The first-order valence-corrected chi connectivity index (χ1v) is 12.2. The number of fused-ring (bicyclic) bond motifs is 3. The molecular formula is C31H21N5. The van der Waals surface area contributed by atoms with Crippen LogP contribution in [0.1, 0.15) is 17.2 Å². The molecule has 0 bridgehead atoms. The number of nitrogens with zero attached hydrogens (tertiary/aromatic N) is 4. The molecule has 8 rings (SSSR count). The van der Waals surface area contributed by atoms with Gasteiger partial charge < -0.3 is 5.32 Å². The molecule has 3 aromatic heterocycles. The first-order valence-electron chi connectivity index (χ1n) is 12.2. The molecule has 0 aliphatic carbocycles. The Labute approximate surface area is 207 Å². The Kier molecular flexibility index (Phi) is 3.93. The zero-order valence-electron chi connectivity index (χ0n) is 19.3. The molecule has 1 atom stereocenters. The summed E-state index contributed by atoms with van der Waals surface area (Å²) in [6.07, 6.45) is 4.09. The van der Waals surface area contributed by atoms with Gasteiger partial charge in [-0.25, -0.2) is 9.51 Å². The van der Waals surface area contributed by atoms with Gasteiger partial charge in [-0.05, 0) is 35.9 Å². The zero-order chi connectivity index (χ0) is 23.6. The third kappa shape index (κ3) is 2.65. The van der Waals surface area contributed by atoms with E-state index in [0.717, 1.165) is 39.3 Å². The van der Waals surface area contributed by atoms with Gasteiger partial charge in [-0.3, -0.25) is 4.57 Å². The van der Waals surface area contributed by atoms with Crippen molar-refractivity contribution in [2.45, 2.75) is 6.04 Å².